The molecule has 2 N–H and O–H groups in total. The Morgan fingerprint density at radius 3 is 2.48 bits per heavy atom. The molecule has 5 atom stereocenters. The molecule has 0 radical (unpaired) electrons. The summed E-state index contributed by atoms with van der Waals surface area (Å²) in [5, 5.41) is 6.10. The van der Waals surface area contributed by atoms with Crippen LogP contribution >= 0.6 is 0 Å². The number of carbonyl (C=O) groups is 3. The van der Waals surface area contributed by atoms with Crippen LogP contribution in [0.5, 0.6) is 0 Å². The van der Waals surface area contributed by atoms with Gasteiger partial charge in [-0.15, -0.1) is 0 Å². The normalized spacial score (nSPS) is 29.4. The molecular weight excluding hydrogens is 502 g/mol. The molecule has 3 aliphatic heterocycles. The van der Waals surface area contributed by atoms with Gasteiger partial charge in [-0.05, 0) is 63.6 Å². The van der Waals surface area contributed by atoms with E-state index in [0.717, 1.165) is 36.0 Å². The highest BCUT2D eigenvalue weighted by atomic mass is 16.5. The third-order valence-electron chi connectivity index (χ3n) is 8.88. The standard InChI is InChI=1S/C33H37N3O4/c1-21-8-12-24(13-9-21)29-31(38)34-20-33-18-16-26(40-33)27(30(37)35-25-14-10-22(2)11-15-25)28(33)32(39)36(29)19-17-23-6-4-3-5-7-23/h6,8-16,18,26-29H,3-5,7,17,19-20H2,1-2H3,(H,34,38)(H,35,37). The Balaban J connectivity index is 1.36. The van der Waals surface area contributed by atoms with E-state index in [1.54, 1.807) is 4.90 Å². The minimum atomic E-state index is -1.05. The van der Waals surface area contributed by atoms with Crippen LogP contribution in [-0.4, -0.2) is 47.4 Å². The molecule has 2 saturated heterocycles. The number of nitrogens with zero attached hydrogens (tertiary/aromatic N) is 1. The van der Waals surface area contributed by atoms with Crippen LogP contribution in [0.2, 0.25) is 0 Å². The fourth-order valence-electron chi connectivity index (χ4n) is 6.67. The van der Waals surface area contributed by atoms with Crippen LogP contribution in [0.4, 0.5) is 5.69 Å². The van der Waals surface area contributed by atoms with Gasteiger partial charge in [0.1, 0.15) is 11.6 Å². The van der Waals surface area contributed by atoms with Crippen LogP contribution in [-0.2, 0) is 19.1 Å². The number of benzene rings is 2. The van der Waals surface area contributed by atoms with Crippen LogP contribution < -0.4 is 10.6 Å². The van der Waals surface area contributed by atoms with Gasteiger partial charge in [0, 0.05) is 12.2 Å². The number of allylic oxidation sites excluding steroid dienone is 1. The van der Waals surface area contributed by atoms with Gasteiger partial charge in [-0.1, -0.05) is 71.3 Å². The van der Waals surface area contributed by atoms with Gasteiger partial charge < -0.3 is 20.3 Å². The number of amides is 3. The molecule has 2 aromatic carbocycles. The van der Waals surface area contributed by atoms with Gasteiger partial charge in [-0.25, -0.2) is 0 Å². The first-order valence-corrected chi connectivity index (χ1v) is 14.4. The zero-order chi connectivity index (χ0) is 27.9. The number of fused-ring (bicyclic) bond motifs is 1. The molecule has 2 aromatic rings. The van der Waals surface area contributed by atoms with E-state index in [1.807, 2.05) is 74.5 Å². The van der Waals surface area contributed by atoms with E-state index < -0.39 is 29.6 Å². The minimum absolute atomic E-state index is 0.144. The van der Waals surface area contributed by atoms with E-state index in [0.29, 0.717) is 18.7 Å². The molecule has 3 amide bonds. The fourth-order valence-corrected chi connectivity index (χ4v) is 6.67. The second kappa shape index (κ2) is 10.7. The monoisotopic (exact) mass is 539 g/mol. The van der Waals surface area contributed by atoms with Crippen LogP contribution in [0, 0.1) is 25.7 Å². The highest BCUT2D eigenvalue weighted by molar-refractivity contribution is 6.00. The van der Waals surface area contributed by atoms with Gasteiger partial charge in [0.2, 0.25) is 17.7 Å². The number of ether oxygens (including phenoxy) is 1. The number of nitrogens with one attached hydrogen (secondary N) is 2. The van der Waals surface area contributed by atoms with Gasteiger partial charge in [0.25, 0.3) is 0 Å². The summed E-state index contributed by atoms with van der Waals surface area (Å²) in [6.07, 6.45) is 10.6. The van der Waals surface area contributed by atoms with Gasteiger partial charge in [0.05, 0.1) is 24.5 Å². The fraction of sp³-hybridized carbons (Fsp3) is 0.424. The lowest BCUT2D eigenvalue weighted by atomic mass is 9.73. The number of aryl methyl sites for hydroxylation is 2. The van der Waals surface area contributed by atoms with Crippen LogP contribution in [0.3, 0.4) is 0 Å². The Morgan fingerprint density at radius 2 is 1.77 bits per heavy atom. The van der Waals surface area contributed by atoms with Gasteiger partial charge in [-0.3, -0.25) is 14.4 Å². The van der Waals surface area contributed by atoms with Crippen LogP contribution in [0.15, 0.2) is 72.3 Å². The van der Waals surface area contributed by atoms with E-state index in [-0.39, 0.29) is 24.3 Å². The Labute approximate surface area is 235 Å². The average molecular weight is 540 g/mol. The maximum absolute atomic E-state index is 14.7. The van der Waals surface area contributed by atoms with Crippen molar-refractivity contribution >= 4 is 23.4 Å². The lowest BCUT2D eigenvalue weighted by Gasteiger charge is -2.42. The summed E-state index contributed by atoms with van der Waals surface area (Å²) in [6.45, 7) is 4.54. The third-order valence-corrected chi connectivity index (χ3v) is 8.88. The molecule has 1 aliphatic carbocycles. The van der Waals surface area contributed by atoms with Crippen molar-refractivity contribution in [1.29, 1.82) is 0 Å². The number of hydrogen-bond donors (Lipinski definition) is 2. The summed E-state index contributed by atoms with van der Waals surface area (Å²) in [7, 11) is 0. The predicted molar refractivity (Wildman–Crippen MR) is 153 cm³/mol. The predicted octanol–water partition coefficient (Wildman–Crippen LogP) is 4.77. The molecule has 1 spiro atoms. The molecular formula is C33H37N3O4. The van der Waals surface area contributed by atoms with Gasteiger partial charge >= 0.3 is 0 Å². The largest absolute Gasteiger partial charge is 0.360 e. The maximum atomic E-state index is 14.7. The first-order valence-electron chi connectivity index (χ1n) is 14.4. The Kier molecular flexibility index (Phi) is 7.09. The Bertz CT molecular complexity index is 1360. The summed E-state index contributed by atoms with van der Waals surface area (Å²) in [5.74, 6) is -2.12. The maximum Gasteiger partial charge on any atom is 0.247 e. The van der Waals surface area contributed by atoms with Gasteiger partial charge in [0.15, 0.2) is 0 Å². The zero-order valence-electron chi connectivity index (χ0n) is 23.2. The first kappa shape index (κ1) is 26.5. The van der Waals surface area contributed by atoms with E-state index in [1.165, 1.54) is 12.0 Å². The van der Waals surface area contributed by atoms with Gasteiger partial charge in [-0.2, -0.15) is 0 Å². The van der Waals surface area contributed by atoms with Crippen molar-refractivity contribution < 1.29 is 19.1 Å². The molecule has 7 heteroatoms. The highest BCUT2D eigenvalue weighted by Crippen LogP contribution is 2.49. The lowest BCUT2D eigenvalue weighted by Crippen LogP contribution is -2.60. The third kappa shape index (κ3) is 4.87. The van der Waals surface area contributed by atoms with E-state index in [4.69, 9.17) is 4.74 Å². The van der Waals surface area contributed by atoms with Crippen molar-refractivity contribution in [2.75, 3.05) is 18.4 Å². The molecule has 2 fully saturated rings. The molecule has 7 nitrogen and oxygen atoms in total. The quantitative estimate of drug-likeness (QED) is 0.518. The van der Waals surface area contributed by atoms with Crippen LogP contribution in [0.25, 0.3) is 0 Å². The number of rotatable bonds is 6. The van der Waals surface area contributed by atoms with Crippen molar-refractivity contribution in [3.8, 4) is 0 Å². The molecule has 208 valence electrons. The molecule has 5 unspecified atom stereocenters. The second-order valence-corrected chi connectivity index (χ2v) is 11.7. The highest BCUT2D eigenvalue weighted by Gasteiger charge is 2.63. The number of anilines is 1. The molecule has 6 rings (SSSR count). The summed E-state index contributed by atoms with van der Waals surface area (Å²) >= 11 is 0. The van der Waals surface area contributed by atoms with Crippen molar-refractivity contribution in [3.63, 3.8) is 0 Å². The summed E-state index contributed by atoms with van der Waals surface area (Å²) < 4.78 is 6.36. The summed E-state index contributed by atoms with van der Waals surface area (Å²) in [4.78, 5) is 43.9. The minimum Gasteiger partial charge on any atom is -0.360 e. The molecule has 3 heterocycles. The lowest BCUT2D eigenvalue weighted by molar-refractivity contribution is -0.152. The molecule has 40 heavy (non-hydrogen) atoms. The van der Waals surface area contributed by atoms with Crippen molar-refractivity contribution in [3.05, 3.63) is 89.0 Å². The average Bonchev–Trinajstić information content (AvgIpc) is 3.53. The Hall–Kier alpha value is -3.71. The topological polar surface area (TPSA) is 87.7 Å². The molecule has 0 saturated carbocycles. The second-order valence-electron chi connectivity index (χ2n) is 11.7. The smallest absolute Gasteiger partial charge is 0.247 e. The summed E-state index contributed by atoms with van der Waals surface area (Å²) in [6, 6.07) is 14.6. The molecule has 0 aromatic heterocycles. The number of carbonyl (C=O) groups excluding carboxylic acids is 3. The first-order chi connectivity index (χ1) is 19.3. The Morgan fingerprint density at radius 1 is 1.05 bits per heavy atom. The number of hydrogen-bond acceptors (Lipinski definition) is 4. The summed E-state index contributed by atoms with van der Waals surface area (Å²) in [5.41, 5.74) is 3.91. The molecule has 2 bridgehead atoms. The van der Waals surface area contributed by atoms with E-state index in [9.17, 15) is 14.4 Å². The van der Waals surface area contributed by atoms with Crippen LogP contribution in [0.1, 0.15) is 54.8 Å². The van der Waals surface area contributed by atoms with Crippen molar-refractivity contribution in [1.82, 2.24) is 10.2 Å². The zero-order valence-corrected chi connectivity index (χ0v) is 23.2. The van der Waals surface area contributed by atoms with Crippen molar-refractivity contribution in [2.45, 2.75) is 63.7 Å². The SMILES string of the molecule is Cc1ccc(NC(=O)C2C3C=CC4(CNC(=O)C(c5ccc(C)cc5)N(CCC5=CCCCC5)C(=O)C24)O3)cc1. The van der Waals surface area contributed by atoms with E-state index in [2.05, 4.69) is 16.7 Å². The van der Waals surface area contributed by atoms with E-state index >= 15 is 0 Å². The molecule has 4 aliphatic rings. The van der Waals surface area contributed by atoms with Crippen molar-refractivity contribution in [2.24, 2.45) is 11.8 Å².